The summed E-state index contributed by atoms with van der Waals surface area (Å²) in [5.74, 6) is 1.50. The summed E-state index contributed by atoms with van der Waals surface area (Å²) in [4.78, 5) is 23.1. The van der Waals surface area contributed by atoms with Gasteiger partial charge in [-0.15, -0.1) is 0 Å². The van der Waals surface area contributed by atoms with Crippen LogP contribution in [0.1, 0.15) is 12.8 Å². The van der Waals surface area contributed by atoms with E-state index in [1.807, 2.05) is 13.1 Å². The number of hydrogen-bond donors (Lipinski definition) is 2. The minimum absolute atomic E-state index is 0.268. The van der Waals surface area contributed by atoms with Crippen LogP contribution in [0.5, 0.6) is 0 Å². The van der Waals surface area contributed by atoms with Gasteiger partial charge in [0.1, 0.15) is 5.54 Å². The van der Waals surface area contributed by atoms with Gasteiger partial charge in [-0.05, 0) is 30.4 Å². The maximum atomic E-state index is 11.9. The lowest BCUT2D eigenvalue weighted by Gasteiger charge is -2.31. The molecule has 3 N–H and O–H groups in total. The number of rotatable bonds is 5. The van der Waals surface area contributed by atoms with Crippen LogP contribution in [0.15, 0.2) is 0 Å². The number of carbonyl (C=O) groups is 2. The molecule has 0 bridgehead atoms. The topological polar surface area (TPSA) is 96.0 Å². The van der Waals surface area contributed by atoms with E-state index >= 15 is 0 Å². The van der Waals surface area contributed by atoms with Crippen LogP contribution < -0.4 is 11.1 Å². The molecule has 1 heterocycles. The first-order chi connectivity index (χ1) is 8.81. The Morgan fingerprint density at radius 3 is 2.53 bits per heavy atom. The van der Waals surface area contributed by atoms with Crippen LogP contribution in [-0.2, 0) is 4.79 Å². The third-order valence-electron chi connectivity index (χ3n) is 3.39. The molecular weight excluding hydrogens is 278 g/mol. The Bertz CT molecular complexity index is 400. The van der Waals surface area contributed by atoms with E-state index in [1.54, 1.807) is 11.8 Å². The van der Waals surface area contributed by atoms with Crippen molar-refractivity contribution < 1.29 is 9.59 Å². The third-order valence-corrected chi connectivity index (χ3v) is 6.93. The van der Waals surface area contributed by atoms with Crippen LogP contribution >= 0.6 is 11.8 Å². The smallest absolute Gasteiger partial charge is 0.224 e. The molecule has 0 atom stereocenters. The molecule has 1 aliphatic heterocycles. The van der Waals surface area contributed by atoms with Gasteiger partial charge in [-0.1, -0.05) is 13.1 Å². The lowest BCUT2D eigenvalue weighted by atomic mass is 9.94. The number of primary amides is 1. The van der Waals surface area contributed by atoms with E-state index < -0.39 is 13.6 Å². The molecule has 1 fully saturated rings. The largest absolute Gasteiger partial charge is 0.374 e. The molecule has 0 aromatic carbocycles. The van der Waals surface area contributed by atoms with Crippen molar-refractivity contribution in [3.63, 3.8) is 0 Å². The van der Waals surface area contributed by atoms with Crippen LogP contribution in [0.4, 0.5) is 4.79 Å². The molecule has 0 spiro atoms. The van der Waals surface area contributed by atoms with Crippen LogP contribution in [0, 0.1) is 17.8 Å². The highest BCUT2D eigenvalue weighted by Gasteiger charge is 2.35. The Labute approximate surface area is 119 Å². The second-order valence-corrected chi connectivity index (χ2v) is 11.3. The highest BCUT2D eigenvalue weighted by atomic mass is 32.2. The number of nitrogens with one attached hydrogen (secondary N) is 1. The van der Waals surface area contributed by atoms with E-state index in [1.165, 1.54) is 6.42 Å². The summed E-state index contributed by atoms with van der Waals surface area (Å²) in [7, 11) is -2.21. The van der Waals surface area contributed by atoms with E-state index in [2.05, 4.69) is 11.4 Å². The molecule has 1 radical (unpaired) electrons. The zero-order chi connectivity index (χ0) is 14.5. The first-order valence-electron chi connectivity index (χ1n) is 6.26. The van der Waals surface area contributed by atoms with Gasteiger partial charge >= 0.3 is 0 Å². The number of nitrogens with two attached hydrogens (primary N) is 1. The van der Waals surface area contributed by atoms with Crippen LogP contribution in [0.25, 0.3) is 0 Å². The fourth-order valence-electron chi connectivity index (χ4n) is 1.72. The van der Waals surface area contributed by atoms with Crippen molar-refractivity contribution in [1.82, 2.24) is 5.32 Å². The van der Waals surface area contributed by atoms with Crippen LogP contribution in [-0.4, -0.2) is 36.6 Å². The van der Waals surface area contributed by atoms with Crippen molar-refractivity contribution in [2.45, 2.75) is 37.5 Å². The van der Waals surface area contributed by atoms with Gasteiger partial charge in [0.25, 0.3) is 0 Å². The van der Waals surface area contributed by atoms with Gasteiger partial charge in [0.15, 0.2) is 13.6 Å². The lowest BCUT2D eigenvalue weighted by molar-refractivity contribution is -0.119. The van der Waals surface area contributed by atoms with Gasteiger partial charge in [-0.3, -0.25) is 9.59 Å². The molecule has 0 saturated carbocycles. The number of carbonyl (C=O) groups excluding carboxylic acids is 2. The zero-order valence-electron chi connectivity index (χ0n) is 11.4. The number of hydrogen-bond acceptors (Lipinski definition) is 4. The molecule has 19 heavy (non-hydrogen) atoms. The Hall–Kier alpha value is -1.00. The summed E-state index contributed by atoms with van der Waals surface area (Å²) in [6.45, 7) is 3.66. The summed E-state index contributed by atoms with van der Waals surface area (Å²) < 4.78 is 0. The predicted octanol–water partition coefficient (Wildman–Crippen LogP) is 1.47. The molecule has 1 aliphatic rings. The van der Waals surface area contributed by atoms with E-state index in [9.17, 15) is 14.9 Å². The monoisotopic (exact) mass is 298 g/mol. The van der Waals surface area contributed by atoms with Gasteiger partial charge in [-0.2, -0.15) is 17.0 Å². The second kappa shape index (κ2) is 6.44. The van der Waals surface area contributed by atoms with E-state index in [4.69, 9.17) is 5.73 Å². The summed E-state index contributed by atoms with van der Waals surface area (Å²) in [6, 6.07) is 2.63. The Kier molecular flexibility index (Phi) is 5.44. The molecule has 0 aliphatic carbocycles. The first-order valence-corrected chi connectivity index (χ1v) is 10.6. The second-order valence-electron chi connectivity index (χ2n) is 5.45. The Balaban J connectivity index is 2.51. The van der Waals surface area contributed by atoms with E-state index in [-0.39, 0.29) is 11.4 Å². The van der Waals surface area contributed by atoms with Gasteiger partial charge in [0, 0.05) is 6.42 Å². The molecule has 5 nitrogen and oxygen atoms in total. The van der Waals surface area contributed by atoms with Gasteiger partial charge < -0.3 is 11.1 Å². The summed E-state index contributed by atoms with van der Waals surface area (Å²) in [5.41, 5.74) is 4.27. The number of nitrogens with zero attached hydrogens (tertiary/aromatic N) is 1. The van der Waals surface area contributed by atoms with Crippen molar-refractivity contribution in [3.05, 3.63) is 6.42 Å². The highest BCUT2D eigenvalue weighted by molar-refractivity contribution is 7.99. The van der Waals surface area contributed by atoms with E-state index in [0.717, 1.165) is 11.5 Å². The normalized spacial score (nSPS) is 18.4. The van der Waals surface area contributed by atoms with Crippen molar-refractivity contribution >= 4 is 31.3 Å². The van der Waals surface area contributed by atoms with Crippen molar-refractivity contribution in [1.29, 1.82) is 5.26 Å². The first kappa shape index (κ1) is 16.1. The molecule has 1 saturated heterocycles. The average molecular weight is 298 g/mol. The van der Waals surface area contributed by atoms with Crippen LogP contribution in [0.2, 0.25) is 19.1 Å². The molecule has 0 aromatic rings. The molecule has 7 heteroatoms. The molecular formula is C12H20N3O2SSi. The molecule has 1 rings (SSSR count). The van der Waals surface area contributed by atoms with Gasteiger partial charge in [-0.25, -0.2) is 0 Å². The maximum Gasteiger partial charge on any atom is 0.224 e. The minimum atomic E-state index is -2.21. The molecule has 2 amide bonds. The summed E-state index contributed by atoms with van der Waals surface area (Å²) in [5, 5.41) is 12.0. The summed E-state index contributed by atoms with van der Waals surface area (Å²) >= 11 is 1.79. The van der Waals surface area contributed by atoms with Crippen molar-refractivity contribution in [2.75, 3.05) is 11.5 Å². The number of amides is 2. The standard InChI is InChI=1S/C12H20N3O2SSi/c1-19(2,11(14)17)8-3-10(16)15-12(9-13)4-6-18-7-5-12/h3H,4-8H2,1-2H3,(H2,14,17)(H,15,16). The number of nitriles is 1. The average Bonchev–Trinajstić information content (AvgIpc) is 2.37. The van der Waals surface area contributed by atoms with Gasteiger partial charge in [0.2, 0.25) is 5.91 Å². The van der Waals surface area contributed by atoms with Crippen molar-refractivity contribution in [2.24, 2.45) is 5.73 Å². The van der Waals surface area contributed by atoms with Crippen molar-refractivity contribution in [3.8, 4) is 6.07 Å². The van der Waals surface area contributed by atoms with Gasteiger partial charge in [0.05, 0.1) is 6.07 Å². The Morgan fingerprint density at radius 1 is 1.47 bits per heavy atom. The maximum absolute atomic E-state index is 11.9. The SMILES string of the molecule is C[Si](C)(C[CH]C(=O)NC1(C#N)CCSCC1)C(N)=O. The van der Waals surface area contributed by atoms with Crippen LogP contribution in [0.3, 0.4) is 0 Å². The third kappa shape index (κ3) is 4.55. The number of thioether (sulfide) groups is 1. The highest BCUT2D eigenvalue weighted by Crippen LogP contribution is 2.26. The summed E-state index contributed by atoms with van der Waals surface area (Å²) in [6.07, 6.45) is 2.81. The minimum Gasteiger partial charge on any atom is -0.374 e. The Morgan fingerprint density at radius 2 is 2.05 bits per heavy atom. The molecule has 0 unspecified atom stereocenters. The quantitative estimate of drug-likeness (QED) is 0.751. The molecule has 0 aromatic heterocycles. The fourth-order valence-corrected chi connectivity index (χ4v) is 3.81. The lowest BCUT2D eigenvalue weighted by Crippen LogP contribution is -2.50. The van der Waals surface area contributed by atoms with E-state index in [0.29, 0.717) is 18.9 Å². The zero-order valence-corrected chi connectivity index (χ0v) is 13.2. The fraction of sp³-hybridized carbons (Fsp3) is 0.667. The molecule has 105 valence electrons. The predicted molar refractivity (Wildman–Crippen MR) is 79.2 cm³/mol.